The zero-order valence-electron chi connectivity index (χ0n) is 12.7. The maximum atomic E-state index is 13.1. The van der Waals surface area contributed by atoms with E-state index in [9.17, 15) is 4.79 Å². The molecule has 1 saturated carbocycles. The van der Waals surface area contributed by atoms with E-state index in [-0.39, 0.29) is 5.91 Å². The van der Waals surface area contributed by atoms with Crippen LogP contribution in [0.25, 0.3) is 0 Å². The van der Waals surface area contributed by atoms with E-state index in [0.717, 1.165) is 24.1 Å². The highest BCUT2D eigenvalue weighted by Gasteiger charge is 2.38. The van der Waals surface area contributed by atoms with Crippen LogP contribution in [0.3, 0.4) is 0 Å². The van der Waals surface area contributed by atoms with Crippen LogP contribution in [0.5, 0.6) is 0 Å². The molecule has 112 valence electrons. The zero-order valence-corrected chi connectivity index (χ0v) is 12.7. The molecule has 1 amide bonds. The van der Waals surface area contributed by atoms with Gasteiger partial charge in [0.05, 0.1) is 0 Å². The second kappa shape index (κ2) is 5.60. The Balaban J connectivity index is 1.79. The Bertz CT molecular complexity index is 679. The zero-order chi connectivity index (χ0) is 14.9. The van der Waals surface area contributed by atoms with Gasteiger partial charge >= 0.3 is 0 Å². The van der Waals surface area contributed by atoms with Gasteiger partial charge in [0.15, 0.2) is 0 Å². The van der Waals surface area contributed by atoms with E-state index in [1.807, 2.05) is 36.4 Å². The SMILES string of the molecule is O=C(c1ccccc1)N1c2ccccc2C[C@@H]2CCCC[C@H]21. The van der Waals surface area contributed by atoms with Gasteiger partial charge in [-0.1, -0.05) is 49.2 Å². The Morgan fingerprint density at radius 2 is 1.64 bits per heavy atom. The average Bonchev–Trinajstić information content (AvgIpc) is 2.60. The Hall–Kier alpha value is -2.09. The van der Waals surface area contributed by atoms with E-state index >= 15 is 0 Å². The highest BCUT2D eigenvalue weighted by molar-refractivity contribution is 6.07. The van der Waals surface area contributed by atoms with Crippen LogP contribution >= 0.6 is 0 Å². The molecule has 22 heavy (non-hydrogen) atoms. The van der Waals surface area contributed by atoms with Gasteiger partial charge in [-0.2, -0.15) is 0 Å². The van der Waals surface area contributed by atoms with Crippen LogP contribution in [0.4, 0.5) is 5.69 Å². The van der Waals surface area contributed by atoms with E-state index < -0.39 is 0 Å². The number of nitrogens with zero attached hydrogens (tertiary/aromatic N) is 1. The smallest absolute Gasteiger partial charge is 0.258 e. The normalized spacial score (nSPS) is 23.5. The first-order valence-electron chi connectivity index (χ1n) is 8.31. The lowest BCUT2D eigenvalue weighted by molar-refractivity contribution is 0.0951. The molecule has 2 aliphatic rings. The largest absolute Gasteiger partial charge is 0.305 e. The number of benzene rings is 2. The Labute approximate surface area is 131 Å². The maximum absolute atomic E-state index is 13.1. The van der Waals surface area contributed by atoms with Crippen LogP contribution in [-0.2, 0) is 6.42 Å². The van der Waals surface area contributed by atoms with E-state index in [2.05, 4.69) is 23.1 Å². The molecule has 0 spiro atoms. The van der Waals surface area contributed by atoms with Gasteiger partial charge in [0.2, 0.25) is 0 Å². The van der Waals surface area contributed by atoms with Crippen LogP contribution in [-0.4, -0.2) is 11.9 Å². The molecule has 2 atom stereocenters. The number of amides is 1. The summed E-state index contributed by atoms with van der Waals surface area (Å²) in [6, 6.07) is 18.5. The monoisotopic (exact) mass is 291 g/mol. The summed E-state index contributed by atoms with van der Waals surface area (Å²) >= 11 is 0. The van der Waals surface area contributed by atoms with Crippen molar-refractivity contribution in [2.75, 3.05) is 4.90 Å². The summed E-state index contributed by atoms with van der Waals surface area (Å²) in [5.74, 6) is 0.779. The van der Waals surface area contributed by atoms with Crippen molar-refractivity contribution >= 4 is 11.6 Å². The van der Waals surface area contributed by atoms with Crippen molar-refractivity contribution in [3.63, 3.8) is 0 Å². The molecule has 1 fully saturated rings. The van der Waals surface area contributed by atoms with Gasteiger partial charge in [0.25, 0.3) is 5.91 Å². The molecule has 0 unspecified atom stereocenters. The molecule has 0 N–H and O–H groups in total. The fraction of sp³-hybridized carbons (Fsp3) is 0.350. The fourth-order valence-corrected chi connectivity index (χ4v) is 4.13. The maximum Gasteiger partial charge on any atom is 0.258 e. The number of fused-ring (bicyclic) bond motifs is 2. The molecular formula is C20H21NO. The van der Waals surface area contributed by atoms with Gasteiger partial charge in [-0.15, -0.1) is 0 Å². The Morgan fingerprint density at radius 3 is 2.50 bits per heavy atom. The summed E-state index contributed by atoms with van der Waals surface area (Å²) in [6.07, 6.45) is 6.05. The van der Waals surface area contributed by atoms with Crippen LogP contribution in [0, 0.1) is 5.92 Å². The van der Waals surface area contributed by atoms with Crippen molar-refractivity contribution < 1.29 is 4.79 Å². The summed E-state index contributed by atoms with van der Waals surface area (Å²) in [4.78, 5) is 15.2. The standard InChI is InChI=1S/C20H21NO/c22-20(15-8-2-1-3-9-15)21-18-12-6-4-10-16(18)14-17-11-5-7-13-19(17)21/h1-4,6,8-10,12,17,19H,5,7,11,13-14H2/t17-,19+/m0/s1. The molecule has 2 aromatic carbocycles. The molecular weight excluding hydrogens is 270 g/mol. The molecule has 0 aromatic heterocycles. The topological polar surface area (TPSA) is 20.3 Å². The second-order valence-corrected chi connectivity index (χ2v) is 6.49. The molecule has 0 saturated heterocycles. The number of hydrogen-bond acceptors (Lipinski definition) is 1. The average molecular weight is 291 g/mol. The van der Waals surface area contributed by atoms with Crippen molar-refractivity contribution in [2.24, 2.45) is 5.92 Å². The molecule has 1 aliphatic heterocycles. The number of para-hydroxylation sites is 1. The van der Waals surface area contributed by atoms with E-state index in [4.69, 9.17) is 0 Å². The third-order valence-electron chi connectivity index (χ3n) is 5.17. The first-order chi connectivity index (χ1) is 10.8. The fourth-order valence-electron chi connectivity index (χ4n) is 4.13. The molecule has 0 radical (unpaired) electrons. The lowest BCUT2D eigenvalue weighted by Crippen LogP contribution is -2.50. The van der Waals surface area contributed by atoms with Gasteiger partial charge < -0.3 is 4.90 Å². The number of hydrogen-bond donors (Lipinski definition) is 0. The minimum absolute atomic E-state index is 0.157. The second-order valence-electron chi connectivity index (χ2n) is 6.49. The first kappa shape index (κ1) is 13.6. The summed E-state index contributed by atoms with van der Waals surface area (Å²) in [5.41, 5.74) is 3.25. The van der Waals surface area contributed by atoms with Gasteiger partial charge in [-0.05, 0) is 48.9 Å². The van der Waals surface area contributed by atoms with Crippen molar-refractivity contribution in [1.29, 1.82) is 0 Å². The van der Waals surface area contributed by atoms with Crippen LogP contribution in [0.1, 0.15) is 41.6 Å². The predicted molar refractivity (Wildman–Crippen MR) is 89.1 cm³/mol. The first-order valence-corrected chi connectivity index (χ1v) is 8.31. The summed E-state index contributed by atoms with van der Waals surface area (Å²) in [5, 5.41) is 0. The Kier molecular flexibility index (Phi) is 3.45. The molecule has 1 aliphatic carbocycles. The van der Waals surface area contributed by atoms with Gasteiger partial charge in [0.1, 0.15) is 0 Å². The predicted octanol–water partition coefficient (Wildman–Crippen LogP) is 4.45. The van der Waals surface area contributed by atoms with Crippen LogP contribution < -0.4 is 4.90 Å². The van der Waals surface area contributed by atoms with Crippen molar-refractivity contribution in [3.05, 3.63) is 65.7 Å². The molecule has 0 bridgehead atoms. The van der Waals surface area contributed by atoms with Gasteiger partial charge in [0, 0.05) is 17.3 Å². The number of anilines is 1. The number of rotatable bonds is 1. The lowest BCUT2D eigenvalue weighted by atomic mass is 9.76. The van der Waals surface area contributed by atoms with Crippen molar-refractivity contribution in [3.8, 4) is 0 Å². The van der Waals surface area contributed by atoms with Crippen molar-refractivity contribution in [2.45, 2.75) is 38.1 Å². The van der Waals surface area contributed by atoms with Gasteiger partial charge in [-0.25, -0.2) is 0 Å². The van der Waals surface area contributed by atoms with Crippen molar-refractivity contribution in [1.82, 2.24) is 0 Å². The Morgan fingerprint density at radius 1 is 0.909 bits per heavy atom. The minimum atomic E-state index is 0.157. The lowest BCUT2D eigenvalue weighted by Gasteiger charge is -2.45. The number of carbonyl (C=O) groups is 1. The summed E-state index contributed by atoms with van der Waals surface area (Å²) in [7, 11) is 0. The van der Waals surface area contributed by atoms with Gasteiger partial charge in [-0.3, -0.25) is 4.79 Å². The van der Waals surface area contributed by atoms with E-state index in [1.165, 1.54) is 24.8 Å². The summed E-state index contributed by atoms with van der Waals surface area (Å²) in [6.45, 7) is 0. The van der Waals surface area contributed by atoms with E-state index in [1.54, 1.807) is 0 Å². The third kappa shape index (κ3) is 2.23. The molecule has 2 aromatic rings. The molecule has 2 nitrogen and oxygen atoms in total. The van der Waals surface area contributed by atoms with Crippen LogP contribution in [0.2, 0.25) is 0 Å². The quantitative estimate of drug-likeness (QED) is 0.760. The van der Waals surface area contributed by atoms with Crippen LogP contribution in [0.15, 0.2) is 54.6 Å². The highest BCUT2D eigenvalue weighted by atomic mass is 16.2. The third-order valence-corrected chi connectivity index (χ3v) is 5.17. The van der Waals surface area contributed by atoms with E-state index in [0.29, 0.717) is 12.0 Å². The summed E-state index contributed by atoms with van der Waals surface area (Å²) < 4.78 is 0. The number of carbonyl (C=O) groups excluding carboxylic acids is 1. The molecule has 2 heteroatoms. The molecule has 4 rings (SSSR count). The molecule has 1 heterocycles. The highest BCUT2D eigenvalue weighted by Crippen LogP contribution is 2.41. The minimum Gasteiger partial charge on any atom is -0.305 e.